The lowest BCUT2D eigenvalue weighted by atomic mass is 10.1. The van der Waals surface area contributed by atoms with E-state index < -0.39 is 0 Å². The van der Waals surface area contributed by atoms with Gasteiger partial charge < -0.3 is 5.73 Å². The first kappa shape index (κ1) is 12.4. The molecule has 2 N–H and O–H groups in total. The van der Waals surface area contributed by atoms with Crippen LogP contribution >= 0.6 is 11.8 Å². The van der Waals surface area contributed by atoms with Crippen LogP contribution in [0.25, 0.3) is 0 Å². The zero-order chi connectivity index (χ0) is 11.1. The van der Waals surface area contributed by atoms with Crippen LogP contribution in [-0.4, -0.2) is 11.5 Å². The molecule has 0 saturated carbocycles. The number of benzene rings is 1. The number of aryl methyl sites for hydroxylation is 1. The third kappa shape index (κ3) is 4.61. The van der Waals surface area contributed by atoms with Crippen LogP contribution in [0.15, 0.2) is 24.3 Å². The Bertz CT molecular complexity index is 286. The summed E-state index contributed by atoms with van der Waals surface area (Å²) in [5.41, 5.74) is 8.10. The highest BCUT2D eigenvalue weighted by molar-refractivity contribution is 7.99. The highest BCUT2D eigenvalue weighted by atomic mass is 32.2. The van der Waals surface area contributed by atoms with Crippen LogP contribution in [0, 0.1) is 5.92 Å². The van der Waals surface area contributed by atoms with Gasteiger partial charge in [-0.2, -0.15) is 11.8 Å². The van der Waals surface area contributed by atoms with Gasteiger partial charge in [-0.05, 0) is 35.5 Å². The SMILES string of the molecule is CCC(C)CSCCc1ccccc1N. The number of hydrogen-bond donors (Lipinski definition) is 1. The summed E-state index contributed by atoms with van der Waals surface area (Å²) in [6, 6.07) is 8.16. The van der Waals surface area contributed by atoms with Gasteiger partial charge in [-0.15, -0.1) is 0 Å². The van der Waals surface area contributed by atoms with E-state index in [1.165, 1.54) is 23.5 Å². The summed E-state index contributed by atoms with van der Waals surface area (Å²) in [7, 11) is 0. The summed E-state index contributed by atoms with van der Waals surface area (Å²) in [6.45, 7) is 4.56. The molecule has 0 saturated heterocycles. The van der Waals surface area contributed by atoms with Crippen molar-refractivity contribution in [3.63, 3.8) is 0 Å². The van der Waals surface area contributed by atoms with E-state index in [1.807, 2.05) is 23.9 Å². The average molecular weight is 223 g/mol. The lowest BCUT2D eigenvalue weighted by Gasteiger charge is -2.08. The van der Waals surface area contributed by atoms with Crippen molar-refractivity contribution in [1.82, 2.24) is 0 Å². The minimum absolute atomic E-state index is 0.836. The largest absolute Gasteiger partial charge is 0.399 e. The molecule has 1 aromatic rings. The van der Waals surface area contributed by atoms with Gasteiger partial charge in [0.25, 0.3) is 0 Å². The van der Waals surface area contributed by atoms with Crippen LogP contribution in [0.4, 0.5) is 5.69 Å². The number of nitrogens with two attached hydrogens (primary N) is 1. The van der Waals surface area contributed by atoms with Crippen molar-refractivity contribution in [2.45, 2.75) is 26.7 Å². The van der Waals surface area contributed by atoms with Gasteiger partial charge in [0.1, 0.15) is 0 Å². The molecule has 1 atom stereocenters. The summed E-state index contributed by atoms with van der Waals surface area (Å²) >= 11 is 2.03. The Hall–Kier alpha value is -0.630. The van der Waals surface area contributed by atoms with Gasteiger partial charge in [-0.1, -0.05) is 38.5 Å². The van der Waals surface area contributed by atoms with Gasteiger partial charge in [0.2, 0.25) is 0 Å². The topological polar surface area (TPSA) is 26.0 Å². The van der Waals surface area contributed by atoms with Crippen LogP contribution < -0.4 is 5.73 Å². The van der Waals surface area contributed by atoms with E-state index in [-0.39, 0.29) is 0 Å². The second-order valence-electron chi connectivity index (χ2n) is 4.04. The molecule has 0 aromatic heterocycles. The lowest BCUT2D eigenvalue weighted by Crippen LogP contribution is -1.99. The third-order valence-electron chi connectivity index (χ3n) is 2.67. The lowest BCUT2D eigenvalue weighted by molar-refractivity contribution is 0.637. The summed E-state index contributed by atoms with van der Waals surface area (Å²) in [5, 5.41) is 0. The molecule has 0 amide bonds. The predicted molar refractivity (Wildman–Crippen MR) is 71.3 cm³/mol. The van der Waals surface area contributed by atoms with Crippen LogP contribution in [0.2, 0.25) is 0 Å². The summed E-state index contributed by atoms with van der Waals surface area (Å²) in [5.74, 6) is 3.28. The molecule has 1 aromatic carbocycles. The highest BCUT2D eigenvalue weighted by Gasteiger charge is 2.00. The minimum Gasteiger partial charge on any atom is -0.399 e. The number of thioether (sulfide) groups is 1. The number of rotatable bonds is 6. The summed E-state index contributed by atoms with van der Waals surface area (Å²) < 4.78 is 0. The maximum atomic E-state index is 5.88. The molecule has 1 nitrogen and oxygen atoms in total. The van der Waals surface area contributed by atoms with Crippen molar-refractivity contribution in [2.24, 2.45) is 5.92 Å². The van der Waals surface area contributed by atoms with Crippen molar-refractivity contribution >= 4 is 17.4 Å². The quantitative estimate of drug-likeness (QED) is 0.589. The zero-order valence-electron chi connectivity index (χ0n) is 9.70. The summed E-state index contributed by atoms with van der Waals surface area (Å²) in [4.78, 5) is 0. The molecule has 0 aliphatic heterocycles. The Kier molecular flexibility index (Phi) is 5.62. The van der Waals surface area contributed by atoms with Crippen molar-refractivity contribution in [3.8, 4) is 0 Å². The molecule has 2 heteroatoms. The van der Waals surface area contributed by atoms with Crippen LogP contribution in [0.1, 0.15) is 25.8 Å². The first-order chi connectivity index (χ1) is 7.24. The van der Waals surface area contributed by atoms with E-state index in [0.29, 0.717) is 0 Å². The number of para-hydroxylation sites is 1. The van der Waals surface area contributed by atoms with E-state index in [0.717, 1.165) is 18.0 Å². The minimum atomic E-state index is 0.836. The number of anilines is 1. The van der Waals surface area contributed by atoms with Gasteiger partial charge in [0.15, 0.2) is 0 Å². The Morgan fingerprint density at radius 1 is 1.33 bits per heavy atom. The van der Waals surface area contributed by atoms with E-state index in [2.05, 4.69) is 26.0 Å². The zero-order valence-corrected chi connectivity index (χ0v) is 10.5. The molecule has 1 rings (SSSR count). The van der Waals surface area contributed by atoms with Crippen LogP contribution in [-0.2, 0) is 6.42 Å². The molecule has 0 radical (unpaired) electrons. The van der Waals surface area contributed by atoms with Crippen molar-refractivity contribution in [2.75, 3.05) is 17.2 Å². The molecule has 0 heterocycles. The predicted octanol–water partition coefficient (Wildman–Crippen LogP) is 3.59. The van der Waals surface area contributed by atoms with Gasteiger partial charge in [0, 0.05) is 5.69 Å². The monoisotopic (exact) mass is 223 g/mol. The Morgan fingerprint density at radius 2 is 2.07 bits per heavy atom. The molecule has 1 unspecified atom stereocenters. The second kappa shape index (κ2) is 6.78. The first-order valence-corrected chi connectivity index (χ1v) is 6.80. The molecule has 84 valence electrons. The van der Waals surface area contributed by atoms with E-state index in [4.69, 9.17) is 5.73 Å². The summed E-state index contributed by atoms with van der Waals surface area (Å²) in [6.07, 6.45) is 2.37. The smallest absolute Gasteiger partial charge is 0.0346 e. The maximum absolute atomic E-state index is 5.88. The standard InChI is InChI=1S/C13H21NS/c1-3-11(2)10-15-9-8-12-6-4-5-7-13(12)14/h4-7,11H,3,8-10,14H2,1-2H3. The normalized spacial score (nSPS) is 12.7. The average Bonchev–Trinajstić information content (AvgIpc) is 2.26. The van der Waals surface area contributed by atoms with Gasteiger partial charge in [-0.25, -0.2) is 0 Å². The Balaban J connectivity index is 2.23. The molecule has 0 bridgehead atoms. The Morgan fingerprint density at radius 3 is 2.73 bits per heavy atom. The van der Waals surface area contributed by atoms with Gasteiger partial charge >= 0.3 is 0 Å². The fourth-order valence-electron chi connectivity index (χ4n) is 1.35. The first-order valence-electron chi connectivity index (χ1n) is 5.65. The Labute approximate surface area is 97.4 Å². The van der Waals surface area contributed by atoms with Crippen LogP contribution in [0.3, 0.4) is 0 Å². The second-order valence-corrected chi connectivity index (χ2v) is 5.19. The fourth-order valence-corrected chi connectivity index (χ4v) is 2.52. The van der Waals surface area contributed by atoms with Gasteiger partial charge in [0.05, 0.1) is 0 Å². The number of nitrogen functional groups attached to an aromatic ring is 1. The molecule has 0 aliphatic carbocycles. The van der Waals surface area contributed by atoms with E-state index in [1.54, 1.807) is 0 Å². The van der Waals surface area contributed by atoms with E-state index >= 15 is 0 Å². The van der Waals surface area contributed by atoms with Crippen molar-refractivity contribution in [1.29, 1.82) is 0 Å². The molecular weight excluding hydrogens is 202 g/mol. The molecule has 15 heavy (non-hydrogen) atoms. The molecule has 0 spiro atoms. The molecular formula is C13H21NS. The maximum Gasteiger partial charge on any atom is 0.0346 e. The van der Waals surface area contributed by atoms with Crippen molar-refractivity contribution in [3.05, 3.63) is 29.8 Å². The third-order valence-corrected chi connectivity index (χ3v) is 3.97. The number of hydrogen-bond acceptors (Lipinski definition) is 2. The molecule has 0 aliphatic rings. The van der Waals surface area contributed by atoms with E-state index in [9.17, 15) is 0 Å². The highest BCUT2D eigenvalue weighted by Crippen LogP contribution is 2.16. The molecule has 0 fully saturated rings. The van der Waals surface area contributed by atoms with Gasteiger partial charge in [-0.3, -0.25) is 0 Å². The fraction of sp³-hybridized carbons (Fsp3) is 0.538. The van der Waals surface area contributed by atoms with Crippen LogP contribution in [0.5, 0.6) is 0 Å². The van der Waals surface area contributed by atoms with Crippen molar-refractivity contribution < 1.29 is 0 Å².